The molecule has 4 aliphatic rings. The van der Waals surface area contributed by atoms with Gasteiger partial charge in [0.25, 0.3) is 5.92 Å². The van der Waals surface area contributed by atoms with Crippen LogP contribution in [0, 0.1) is 29.6 Å². The Kier molecular flexibility index (Phi) is 6.79. The second-order valence-electron chi connectivity index (χ2n) is 13.9. The number of nitrogens with one attached hydrogen (secondary N) is 2. The Bertz CT molecular complexity index is 1400. The molecule has 2 N–H and O–H groups in total. The Balaban J connectivity index is 1.27. The number of alkyl halides is 4. The molecule has 1 unspecified atom stereocenters. The van der Waals surface area contributed by atoms with E-state index in [0.29, 0.717) is 16.9 Å². The van der Waals surface area contributed by atoms with Crippen LogP contribution in [-0.2, 0) is 15.1 Å². The molecule has 6 rings (SSSR count). The zero-order chi connectivity index (χ0) is 30.4. The minimum absolute atomic E-state index is 0.0245. The van der Waals surface area contributed by atoms with E-state index in [0.717, 1.165) is 12.8 Å². The van der Waals surface area contributed by atoms with Crippen molar-refractivity contribution in [1.29, 1.82) is 0 Å². The highest BCUT2D eigenvalue weighted by Gasteiger charge is 2.73. The molecule has 230 valence electrons. The molecule has 0 aromatic carbocycles. The van der Waals surface area contributed by atoms with Gasteiger partial charge in [-0.3, -0.25) is 4.79 Å². The number of ether oxygens (including phenoxy) is 1. The maximum absolute atomic E-state index is 14.1. The summed E-state index contributed by atoms with van der Waals surface area (Å²) in [5, 5.41) is 10.5. The van der Waals surface area contributed by atoms with Gasteiger partial charge < -0.3 is 15.4 Å². The molecule has 2 aromatic heterocycles. The summed E-state index contributed by atoms with van der Waals surface area (Å²) in [4.78, 5) is 30.5. The first-order valence-electron chi connectivity index (χ1n) is 14.6. The van der Waals surface area contributed by atoms with Crippen LogP contribution in [0.15, 0.2) is 12.3 Å². The molecule has 8 nitrogen and oxygen atoms in total. The Morgan fingerprint density at radius 3 is 2.36 bits per heavy atom. The van der Waals surface area contributed by atoms with Crippen LogP contribution in [0.5, 0.6) is 0 Å². The van der Waals surface area contributed by atoms with E-state index in [2.05, 4.69) is 15.7 Å². The van der Waals surface area contributed by atoms with Gasteiger partial charge in [0.05, 0.1) is 23.5 Å². The Hall–Kier alpha value is -2.63. The van der Waals surface area contributed by atoms with E-state index in [1.54, 1.807) is 40.0 Å². The molecule has 4 aliphatic carbocycles. The van der Waals surface area contributed by atoms with Gasteiger partial charge in [-0.25, -0.2) is 31.9 Å². The van der Waals surface area contributed by atoms with Crippen LogP contribution < -0.4 is 10.6 Å². The number of halogens is 5. The second kappa shape index (κ2) is 9.69. The predicted octanol–water partition coefficient (Wildman–Crippen LogP) is 6.42. The van der Waals surface area contributed by atoms with Crippen LogP contribution in [-0.4, -0.2) is 44.0 Å². The van der Waals surface area contributed by atoms with Crippen LogP contribution in [0.4, 0.5) is 22.4 Å². The average Bonchev–Trinajstić information content (AvgIpc) is 3.59. The number of carbonyl (C=O) groups excluding carboxylic acids is 2. The summed E-state index contributed by atoms with van der Waals surface area (Å²) in [6.07, 6.45) is 2.64. The van der Waals surface area contributed by atoms with Crippen molar-refractivity contribution in [3.8, 4) is 0 Å². The number of rotatable bonds is 8. The van der Waals surface area contributed by atoms with Gasteiger partial charge >= 0.3 is 6.09 Å². The quantitative estimate of drug-likeness (QED) is 0.335. The number of imidazole rings is 1. The first-order valence-corrected chi connectivity index (χ1v) is 15.0. The Labute approximate surface area is 246 Å². The van der Waals surface area contributed by atoms with Crippen molar-refractivity contribution in [3.63, 3.8) is 0 Å². The van der Waals surface area contributed by atoms with E-state index in [4.69, 9.17) is 21.3 Å². The van der Waals surface area contributed by atoms with E-state index in [9.17, 15) is 27.2 Å². The van der Waals surface area contributed by atoms with Crippen molar-refractivity contribution in [1.82, 2.24) is 25.2 Å². The minimum Gasteiger partial charge on any atom is -0.444 e. The number of amides is 2. The lowest BCUT2D eigenvalue weighted by molar-refractivity contribution is -0.134. The highest BCUT2D eigenvalue weighted by molar-refractivity contribution is 6.30. The molecular formula is C29H36ClF4N5O3. The fourth-order valence-corrected chi connectivity index (χ4v) is 7.11. The molecule has 0 spiro atoms. The molecule has 42 heavy (non-hydrogen) atoms. The summed E-state index contributed by atoms with van der Waals surface area (Å²) in [6, 6.07) is 1.28. The molecule has 4 fully saturated rings. The van der Waals surface area contributed by atoms with E-state index in [-0.39, 0.29) is 60.9 Å². The maximum Gasteiger partial charge on any atom is 0.408 e. The Morgan fingerprint density at radius 1 is 1.14 bits per heavy atom. The number of hydrogen-bond donors (Lipinski definition) is 2. The van der Waals surface area contributed by atoms with Crippen molar-refractivity contribution in [2.24, 2.45) is 29.6 Å². The van der Waals surface area contributed by atoms with Gasteiger partial charge in [0.15, 0.2) is 10.8 Å². The second-order valence-corrected chi connectivity index (χ2v) is 14.3. The molecular weight excluding hydrogens is 578 g/mol. The van der Waals surface area contributed by atoms with E-state index in [1.807, 2.05) is 0 Å². The van der Waals surface area contributed by atoms with Crippen LogP contribution in [0.2, 0.25) is 5.15 Å². The van der Waals surface area contributed by atoms with Gasteiger partial charge in [-0.2, -0.15) is 5.10 Å². The summed E-state index contributed by atoms with van der Waals surface area (Å²) in [7, 11) is 0. The lowest BCUT2D eigenvalue weighted by Crippen LogP contribution is -2.50. The zero-order valence-corrected chi connectivity index (χ0v) is 24.8. The van der Waals surface area contributed by atoms with E-state index >= 15 is 0 Å². The highest BCUT2D eigenvalue weighted by atomic mass is 35.5. The largest absolute Gasteiger partial charge is 0.444 e. The average molecular weight is 614 g/mol. The topological polar surface area (TPSA) is 97.6 Å². The number of hydrogen-bond acceptors (Lipinski definition) is 5. The first kappa shape index (κ1) is 29.4. The predicted molar refractivity (Wildman–Crippen MR) is 145 cm³/mol. The molecule has 0 aliphatic heterocycles. The smallest absolute Gasteiger partial charge is 0.408 e. The van der Waals surface area contributed by atoms with Crippen molar-refractivity contribution in [3.05, 3.63) is 28.7 Å². The number of carbonyl (C=O) groups is 2. The number of alkyl carbamates (subject to hydrolysis) is 1. The lowest BCUT2D eigenvalue weighted by atomic mass is 9.79. The van der Waals surface area contributed by atoms with Gasteiger partial charge in [0.2, 0.25) is 11.8 Å². The molecule has 2 amide bonds. The van der Waals surface area contributed by atoms with Crippen molar-refractivity contribution < 1.29 is 31.9 Å². The minimum atomic E-state index is -2.69. The number of aromatic nitrogens is 3. The fourth-order valence-electron chi connectivity index (χ4n) is 6.86. The molecule has 13 heteroatoms. The first-order chi connectivity index (χ1) is 19.4. The van der Waals surface area contributed by atoms with Crippen LogP contribution >= 0.6 is 11.6 Å². The summed E-state index contributed by atoms with van der Waals surface area (Å²) in [5.41, 5.74) is -0.475. The van der Waals surface area contributed by atoms with Crippen LogP contribution in [0.25, 0.3) is 5.65 Å². The molecule has 2 aromatic rings. The van der Waals surface area contributed by atoms with E-state index in [1.165, 1.54) is 4.52 Å². The lowest BCUT2D eigenvalue weighted by Gasteiger charge is -2.37. The summed E-state index contributed by atoms with van der Waals surface area (Å²) < 4.78 is 61.7. The summed E-state index contributed by atoms with van der Waals surface area (Å²) in [6.45, 7) is 6.99. The SMILES string of the molecule is CC(C)(C)OC(=O)N[C@](C)(c1cn2nc(Cl)c([C@H](NC(=O)CC3CC(F)(F)C3)C3CC3)cc2n1)C1C[C@@H]2[C@H](C1)C2(F)F. The molecule has 0 bridgehead atoms. The van der Waals surface area contributed by atoms with Crippen molar-refractivity contribution in [2.75, 3.05) is 0 Å². The van der Waals surface area contributed by atoms with Crippen LogP contribution in [0.3, 0.4) is 0 Å². The third-order valence-corrected chi connectivity index (χ3v) is 9.67. The standard InChI is InChI=1S/C29H36ClF4N5O3/c1-26(2,3)42-25(41)37-27(4,16-8-18-19(9-16)29(18,33)34)20-13-39-21(35-20)10-17(24(30)38-39)23(15-5-6-15)36-22(40)7-14-11-28(31,32)12-14/h10,13-16,18-19,23H,5-9,11-12H2,1-4H3,(H,36,40)(H,37,41)/t16?,18-,19+,23-,27+/m1/s1. The van der Waals surface area contributed by atoms with E-state index < -0.39 is 47.0 Å². The van der Waals surface area contributed by atoms with Gasteiger partial charge in [-0.05, 0) is 77.2 Å². The summed E-state index contributed by atoms with van der Waals surface area (Å²) in [5.74, 6) is -7.62. The maximum atomic E-state index is 14.1. The number of nitrogens with zero attached hydrogens (tertiary/aromatic N) is 3. The molecule has 2 heterocycles. The Morgan fingerprint density at radius 2 is 1.79 bits per heavy atom. The van der Waals surface area contributed by atoms with Gasteiger partial charge in [0.1, 0.15) is 5.60 Å². The molecule has 4 saturated carbocycles. The van der Waals surface area contributed by atoms with Gasteiger partial charge in [-0.15, -0.1) is 0 Å². The third-order valence-electron chi connectivity index (χ3n) is 9.38. The van der Waals surface area contributed by atoms with Crippen molar-refractivity contribution in [2.45, 2.75) is 102 Å². The molecule has 0 saturated heterocycles. The molecule has 0 radical (unpaired) electrons. The number of fused-ring (bicyclic) bond motifs is 2. The van der Waals surface area contributed by atoms with Crippen molar-refractivity contribution >= 4 is 29.2 Å². The van der Waals surface area contributed by atoms with Gasteiger partial charge in [0, 0.05) is 36.7 Å². The highest BCUT2D eigenvalue weighted by Crippen LogP contribution is 2.67. The van der Waals surface area contributed by atoms with Gasteiger partial charge in [-0.1, -0.05) is 11.6 Å². The zero-order valence-electron chi connectivity index (χ0n) is 24.0. The molecule has 5 atom stereocenters. The normalized spacial score (nSPS) is 28.4. The monoisotopic (exact) mass is 613 g/mol. The van der Waals surface area contributed by atoms with Crippen LogP contribution in [0.1, 0.15) is 89.9 Å². The summed E-state index contributed by atoms with van der Waals surface area (Å²) >= 11 is 6.62. The third kappa shape index (κ3) is 5.55. The fraction of sp³-hybridized carbons (Fsp3) is 0.724.